The molecule has 0 saturated carbocycles. The molecule has 0 aliphatic heterocycles. The summed E-state index contributed by atoms with van der Waals surface area (Å²) in [7, 11) is 0. The lowest BCUT2D eigenvalue weighted by molar-refractivity contribution is 0.208. The molecule has 18 heavy (non-hydrogen) atoms. The Labute approximate surface area is 110 Å². The number of aliphatic hydroxyl groups is 1. The Hall–Kier alpha value is -1.20. The third-order valence-electron chi connectivity index (χ3n) is 3.24. The van der Waals surface area contributed by atoms with Gasteiger partial charge in [0, 0.05) is 11.4 Å². The number of thiophene rings is 1. The molecule has 4 nitrogen and oxygen atoms in total. The monoisotopic (exact) mass is 263 g/mol. The van der Waals surface area contributed by atoms with E-state index in [1.807, 2.05) is 6.92 Å². The average molecular weight is 263 g/mol. The number of aryl methyl sites for hydroxylation is 3. The zero-order valence-electron chi connectivity index (χ0n) is 10.7. The summed E-state index contributed by atoms with van der Waals surface area (Å²) >= 11 is 1.80. The van der Waals surface area contributed by atoms with Gasteiger partial charge in [0.05, 0.1) is 11.5 Å². The van der Waals surface area contributed by atoms with Gasteiger partial charge in [0.25, 0.3) is 0 Å². The maximum atomic E-state index is 9.40. The average Bonchev–Trinajstić information content (AvgIpc) is 2.84. The molecule has 2 N–H and O–H groups in total. The lowest BCUT2D eigenvalue weighted by atomic mass is 10.2. The largest absolute Gasteiger partial charge is 0.392 e. The van der Waals surface area contributed by atoms with E-state index in [0.29, 0.717) is 6.54 Å². The highest BCUT2D eigenvalue weighted by molar-refractivity contribution is 7.19. The molecule has 96 valence electrons. The molecule has 1 aliphatic rings. The minimum atomic E-state index is -0.373. The summed E-state index contributed by atoms with van der Waals surface area (Å²) in [6.07, 6.45) is 3.17. The van der Waals surface area contributed by atoms with E-state index < -0.39 is 0 Å². The van der Waals surface area contributed by atoms with Crippen LogP contribution in [0.2, 0.25) is 0 Å². The molecule has 2 aromatic rings. The van der Waals surface area contributed by atoms with Crippen LogP contribution in [0.15, 0.2) is 0 Å². The van der Waals surface area contributed by atoms with Crippen molar-refractivity contribution in [3.63, 3.8) is 0 Å². The van der Waals surface area contributed by atoms with Crippen molar-refractivity contribution in [2.24, 2.45) is 0 Å². The summed E-state index contributed by atoms with van der Waals surface area (Å²) in [5.74, 6) is 1.67. The molecule has 0 aromatic carbocycles. The molecule has 0 fully saturated rings. The quantitative estimate of drug-likeness (QED) is 0.892. The van der Waals surface area contributed by atoms with Crippen LogP contribution in [0.1, 0.15) is 29.6 Å². The zero-order valence-corrected chi connectivity index (χ0v) is 11.5. The van der Waals surface area contributed by atoms with Gasteiger partial charge < -0.3 is 10.4 Å². The maximum absolute atomic E-state index is 9.40. The van der Waals surface area contributed by atoms with Crippen molar-refractivity contribution in [2.45, 2.75) is 39.2 Å². The number of nitrogens with one attached hydrogen (secondary N) is 1. The molecule has 1 unspecified atom stereocenters. The Kier molecular flexibility index (Phi) is 2.95. The molecular formula is C13H17N3OS. The molecule has 2 heterocycles. The van der Waals surface area contributed by atoms with Crippen molar-refractivity contribution < 1.29 is 5.11 Å². The number of aliphatic hydroxyl groups excluding tert-OH is 1. The van der Waals surface area contributed by atoms with Crippen LogP contribution >= 0.6 is 11.3 Å². The first kappa shape index (κ1) is 11.9. The van der Waals surface area contributed by atoms with E-state index in [0.717, 1.165) is 22.9 Å². The lowest BCUT2D eigenvalue weighted by Crippen LogP contribution is -2.16. The van der Waals surface area contributed by atoms with Crippen LogP contribution in [-0.4, -0.2) is 27.7 Å². The van der Waals surface area contributed by atoms with Crippen molar-refractivity contribution in [2.75, 3.05) is 11.9 Å². The molecular weight excluding hydrogens is 246 g/mol. The van der Waals surface area contributed by atoms with E-state index in [2.05, 4.69) is 15.3 Å². The zero-order chi connectivity index (χ0) is 12.7. The van der Waals surface area contributed by atoms with E-state index in [1.54, 1.807) is 18.3 Å². The predicted octanol–water partition coefficient (Wildman–Crippen LogP) is 2.28. The SMILES string of the molecule is Cc1nc(NCC(C)O)c2c3c(sc2n1)CCC3. The number of hydrogen-bond donors (Lipinski definition) is 2. The van der Waals surface area contributed by atoms with Gasteiger partial charge >= 0.3 is 0 Å². The Morgan fingerprint density at radius 1 is 1.39 bits per heavy atom. The minimum Gasteiger partial charge on any atom is -0.392 e. The molecule has 5 heteroatoms. The number of nitrogens with zero attached hydrogens (tertiary/aromatic N) is 2. The molecule has 3 rings (SSSR count). The second-order valence-electron chi connectivity index (χ2n) is 4.89. The van der Waals surface area contributed by atoms with Gasteiger partial charge in [-0.15, -0.1) is 11.3 Å². The molecule has 0 amide bonds. The fourth-order valence-corrected chi connectivity index (χ4v) is 3.78. The smallest absolute Gasteiger partial charge is 0.138 e. The van der Waals surface area contributed by atoms with Crippen LogP contribution in [0.25, 0.3) is 10.2 Å². The minimum absolute atomic E-state index is 0.373. The Balaban J connectivity index is 2.10. The fraction of sp³-hybridized carbons (Fsp3) is 0.538. The Bertz CT molecular complexity index is 591. The Morgan fingerprint density at radius 3 is 3.00 bits per heavy atom. The molecule has 0 spiro atoms. The topological polar surface area (TPSA) is 58.0 Å². The van der Waals surface area contributed by atoms with Crippen molar-refractivity contribution in [3.8, 4) is 0 Å². The standard InChI is InChI=1S/C13H17N3OS/c1-7(17)6-14-12-11-9-4-3-5-10(9)18-13(11)16-8(2)15-12/h7,17H,3-6H2,1-2H3,(H,14,15,16). The van der Waals surface area contributed by atoms with Gasteiger partial charge in [0.15, 0.2) is 0 Å². The van der Waals surface area contributed by atoms with Gasteiger partial charge in [-0.05, 0) is 38.7 Å². The van der Waals surface area contributed by atoms with Gasteiger partial charge in [-0.25, -0.2) is 9.97 Å². The van der Waals surface area contributed by atoms with Gasteiger partial charge in [0.2, 0.25) is 0 Å². The summed E-state index contributed by atoms with van der Waals surface area (Å²) in [5.41, 5.74) is 1.42. The third kappa shape index (κ3) is 1.97. The number of aromatic nitrogens is 2. The van der Waals surface area contributed by atoms with Crippen molar-refractivity contribution >= 4 is 27.4 Å². The highest BCUT2D eigenvalue weighted by Gasteiger charge is 2.21. The van der Waals surface area contributed by atoms with Crippen molar-refractivity contribution in [1.29, 1.82) is 0 Å². The van der Waals surface area contributed by atoms with Crippen molar-refractivity contribution in [3.05, 3.63) is 16.3 Å². The normalized spacial score (nSPS) is 15.9. The first-order chi connectivity index (χ1) is 8.65. The second kappa shape index (κ2) is 4.48. The first-order valence-electron chi connectivity index (χ1n) is 6.36. The summed E-state index contributed by atoms with van der Waals surface area (Å²) in [4.78, 5) is 11.6. The van der Waals surface area contributed by atoms with Gasteiger partial charge in [0.1, 0.15) is 16.5 Å². The fourth-order valence-electron chi connectivity index (χ4n) is 2.47. The van der Waals surface area contributed by atoms with E-state index in [-0.39, 0.29) is 6.10 Å². The lowest BCUT2D eigenvalue weighted by Gasteiger charge is -2.10. The van der Waals surface area contributed by atoms with E-state index in [9.17, 15) is 5.11 Å². The van der Waals surface area contributed by atoms with Gasteiger partial charge in [-0.1, -0.05) is 0 Å². The van der Waals surface area contributed by atoms with E-state index in [4.69, 9.17) is 0 Å². The molecule has 1 atom stereocenters. The first-order valence-corrected chi connectivity index (χ1v) is 7.17. The van der Waals surface area contributed by atoms with Crippen LogP contribution in [0.3, 0.4) is 0 Å². The highest BCUT2D eigenvalue weighted by atomic mass is 32.1. The summed E-state index contributed by atoms with van der Waals surface area (Å²) < 4.78 is 0. The summed E-state index contributed by atoms with van der Waals surface area (Å²) in [5, 5.41) is 13.8. The summed E-state index contributed by atoms with van der Waals surface area (Å²) in [6.45, 7) is 4.21. The molecule has 0 bridgehead atoms. The number of anilines is 1. The van der Waals surface area contributed by atoms with Crippen LogP contribution in [0.4, 0.5) is 5.82 Å². The molecule has 0 saturated heterocycles. The maximum Gasteiger partial charge on any atom is 0.138 e. The van der Waals surface area contributed by atoms with Crippen molar-refractivity contribution in [1.82, 2.24) is 9.97 Å². The molecule has 1 aliphatic carbocycles. The van der Waals surface area contributed by atoms with Crippen LogP contribution in [0, 0.1) is 6.92 Å². The molecule has 0 radical (unpaired) electrons. The predicted molar refractivity (Wildman–Crippen MR) is 74.3 cm³/mol. The van der Waals surface area contributed by atoms with E-state index >= 15 is 0 Å². The number of rotatable bonds is 3. The second-order valence-corrected chi connectivity index (χ2v) is 5.97. The Morgan fingerprint density at radius 2 is 2.22 bits per heavy atom. The number of hydrogen-bond acceptors (Lipinski definition) is 5. The van der Waals surface area contributed by atoms with Gasteiger partial charge in [-0.3, -0.25) is 0 Å². The number of fused-ring (bicyclic) bond motifs is 3. The third-order valence-corrected chi connectivity index (χ3v) is 4.43. The van der Waals surface area contributed by atoms with E-state index in [1.165, 1.54) is 28.7 Å². The molecule has 2 aromatic heterocycles. The van der Waals surface area contributed by atoms with Gasteiger partial charge in [-0.2, -0.15) is 0 Å². The highest BCUT2D eigenvalue weighted by Crippen LogP contribution is 2.39. The van der Waals surface area contributed by atoms with Crippen LogP contribution in [0.5, 0.6) is 0 Å². The summed E-state index contributed by atoms with van der Waals surface area (Å²) in [6, 6.07) is 0. The van der Waals surface area contributed by atoms with Crippen LogP contribution in [-0.2, 0) is 12.8 Å². The van der Waals surface area contributed by atoms with Crippen LogP contribution < -0.4 is 5.32 Å².